The number of imide groups is 1. The van der Waals surface area contributed by atoms with Crippen LogP contribution in [0, 0.1) is 5.82 Å². The van der Waals surface area contributed by atoms with Crippen molar-refractivity contribution in [1.82, 2.24) is 5.32 Å². The summed E-state index contributed by atoms with van der Waals surface area (Å²) in [5, 5.41) is 5.05. The summed E-state index contributed by atoms with van der Waals surface area (Å²) in [4.78, 5) is 22.1. The van der Waals surface area contributed by atoms with E-state index in [0.717, 1.165) is 6.07 Å². The summed E-state index contributed by atoms with van der Waals surface area (Å²) in [7, 11) is 0. The van der Waals surface area contributed by atoms with Crippen LogP contribution in [0.15, 0.2) is 18.2 Å². The summed E-state index contributed by atoms with van der Waals surface area (Å²) in [6.07, 6.45) is 0.0148. The Balaban J connectivity index is 2.15. The first-order valence-corrected chi connectivity index (χ1v) is 4.99. The monoisotopic (exact) mass is 242 g/mol. The van der Waals surface area contributed by atoms with Crippen LogP contribution in [-0.4, -0.2) is 17.9 Å². The lowest BCUT2D eigenvalue weighted by molar-refractivity contribution is -0.124. The van der Waals surface area contributed by atoms with Crippen LogP contribution in [0.4, 0.5) is 10.1 Å². The van der Waals surface area contributed by atoms with E-state index in [1.807, 2.05) is 0 Å². The average Bonchev–Trinajstić information content (AvgIpc) is 2.50. The molecule has 1 aliphatic heterocycles. The maximum absolute atomic E-state index is 13.4. The van der Waals surface area contributed by atoms with E-state index in [1.165, 1.54) is 12.1 Å². The van der Waals surface area contributed by atoms with E-state index in [2.05, 4.69) is 10.6 Å². The molecule has 0 bridgehead atoms. The fraction of sp³-hybridized carbons (Fsp3) is 0.200. The third-order valence-corrected chi connectivity index (χ3v) is 2.46. The van der Waals surface area contributed by atoms with Gasteiger partial charge in [-0.25, -0.2) is 4.39 Å². The van der Waals surface area contributed by atoms with Gasteiger partial charge in [-0.1, -0.05) is 11.6 Å². The maximum atomic E-state index is 13.4. The molecule has 0 spiro atoms. The Morgan fingerprint density at radius 3 is 2.75 bits per heavy atom. The molecule has 0 aromatic heterocycles. The molecular weight excluding hydrogens is 235 g/mol. The first-order chi connectivity index (χ1) is 7.56. The Bertz CT molecular complexity index is 464. The summed E-state index contributed by atoms with van der Waals surface area (Å²) in [5.74, 6) is -1.36. The van der Waals surface area contributed by atoms with Gasteiger partial charge in [0.15, 0.2) is 0 Å². The van der Waals surface area contributed by atoms with Gasteiger partial charge in [0.2, 0.25) is 11.8 Å². The number of carbonyl (C=O) groups excluding carboxylic acids is 2. The summed E-state index contributed by atoms with van der Waals surface area (Å²) in [6.45, 7) is 0. The summed E-state index contributed by atoms with van der Waals surface area (Å²) in [6, 6.07) is 3.34. The minimum Gasteiger partial charge on any atom is -0.371 e. The summed E-state index contributed by atoms with van der Waals surface area (Å²) in [5.41, 5.74) is 0.152. The molecule has 2 rings (SSSR count). The van der Waals surface area contributed by atoms with E-state index in [-0.39, 0.29) is 23.0 Å². The summed E-state index contributed by atoms with van der Waals surface area (Å²) < 4.78 is 13.4. The zero-order valence-corrected chi connectivity index (χ0v) is 8.84. The predicted molar refractivity (Wildman–Crippen MR) is 56.6 cm³/mol. The van der Waals surface area contributed by atoms with Crippen molar-refractivity contribution in [2.24, 2.45) is 0 Å². The van der Waals surface area contributed by atoms with Crippen LogP contribution in [-0.2, 0) is 9.59 Å². The molecule has 0 radical (unpaired) electrons. The van der Waals surface area contributed by atoms with Crippen LogP contribution in [0.1, 0.15) is 6.42 Å². The van der Waals surface area contributed by atoms with E-state index >= 15 is 0 Å². The average molecular weight is 243 g/mol. The molecule has 1 aromatic carbocycles. The van der Waals surface area contributed by atoms with E-state index in [4.69, 9.17) is 11.6 Å². The van der Waals surface area contributed by atoms with Gasteiger partial charge in [-0.15, -0.1) is 0 Å². The SMILES string of the molecule is O=C1CC(Nc2ccc(Cl)cc2F)C(=O)N1. The number of halogens is 2. The highest BCUT2D eigenvalue weighted by Gasteiger charge is 2.30. The number of anilines is 1. The second-order valence-corrected chi connectivity index (χ2v) is 3.87. The molecule has 0 aliphatic carbocycles. The van der Waals surface area contributed by atoms with Crippen LogP contribution in [0.3, 0.4) is 0 Å². The molecule has 1 atom stereocenters. The number of amides is 2. The van der Waals surface area contributed by atoms with Crippen LogP contribution < -0.4 is 10.6 Å². The molecule has 1 aromatic rings. The molecule has 2 N–H and O–H groups in total. The molecule has 4 nitrogen and oxygen atoms in total. The highest BCUT2D eigenvalue weighted by atomic mass is 35.5. The number of rotatable bonds is 2. The molecule has 1 unspecified atom stereocenters. The van der Waals surface area contributed by atoms with Crippen molar-refractivity contribution >= 4 is 29.1 Å². The van der Waals surface area contributed by atoms with Crippen molar-refractivity contribution < 1.29 is 14.0 Å². The minimum atomic E-state index is -0.719. The highest BCUT2D eigenvalue weighted by molar-refractivity contribution is 6.30. The number of carbonyl (C=O) groups is 2. The highest BCUT2D eigenvalue weighted by Crippen LogP contribution is 2.20. The van der Waals surface area contributed by atoms with Gasteiger partial charge in [-0.2, -0.15) is 0 Å². The van der Waals surface area contributed by atoms with E-state index in [9.17, 15) is 14.0 Å². The number of benzene rings is 1. The maximum Gasteiger partial charge on any atom is 0.249 e. The Morgan fingerprint density at radius 2 is 2.19 bits per heavy atom. The van der Waals surface area contributed by atoms with Crippen molar-refractivity contribution in [2.75, 3.05) is 5.32 Å². The molecule has 1 heterocycles. The van der Waals surface area contributed by atoms with Gasteiger partial charge in [0.05, 0.1) is 12.1 Å². The third kappa shape index (κ3) is 2.14. The zero-order valence-electron chi connectivity index (χ0n) is 8.09. The van der Waals surface area contributed by atoms with Gasteiger partial charge < -0.3 is 5.32 Å². The van der Waals surface area contributed by atoms with Gasteiger partial charge >= 0.3 is 0 Å². The van der Waals surface area contributed by atoms with Crippen LogP contribution in [0.5, 0.6) is 0 Å². The van der Waals surface area contributed by atoms with Gasteiger partial charge in [-0.05, 0) is 18.2 Å². The van der Waals surface area contributed by atoms with Crippen LogP contribution in [0.25, 0.3) is 0 Å². The lowest BCUT2D eigenvalue weighted by Crippen LogP contribution is -2.30. The van der Waals surface area contributed by atoms with Gasteiger partial charge in [0.25, 0.3) is 0 Å². The molecule has 84 valence electrons. The van der Waals surface area contributed by atoms with Crippen molar-refractivity contribution in [3.8, 4) is 0 Å². The molecule has 6 heteroatoms. The topological polar surface area (TPSA) is 58.2 Å². The van der Waals surface area contributed by atoms with Crippen molar-refractivity contribution in [1.29, 1.82) is 0 Å². The first kappa shape index (κ1) is 10.9. The lowest BCUT2D eigenvalue weighted by Gasteiger charge is -2.11. The standard InChI is InChI=1S/C10H8ClFN2O2/c11-5-1-2-7(6(12)3-5)13-8-4-9(15)14-10(8)16/h1-3,8,13H,4H2,(H,14,15,16). The smallest absolute Gasteiger partial charge is 0.249 e. The molecular formula is C10H8ClFN2O2. The molecule has 2 amide bonds. The second kappa shape index (κ2) is 4.09. The molecule has 1 saturated heterocycles. The normalized spacial score (nSPS) is 19.8. The quantitative estimate of drug-likeness (QED) is 0.769. The minimum absolute atomic E-state index is 0.0148. The Morgan fingerprint density at radius 1 is 1.44 bits per heavy atom. The first-order valence-electron chi connectivity index (χ1n) is 4.61. The van der Waals surface area contributed by atoms with Gasteiger partial charge in [0.1, 0.15) is 11.9 Å². The Kier molecular flexibility index (Phi) is 2.78. The Labute approximate surface area is 95.8 Å². The van der Waals surface area contributed by atoms with Gasteiger partial charge in [-0.3, -0.25) is 14.9 Å². The third-order valence-electron chi connectivity index (χ3n) is 2.23. The fourth-order valence-corrected chi connectivity index (χ4v) is 1.62. The van der Waals surface area contributed by atoms with Crippen molar-refractivity contribution in [3.63, 3.8) is 0 Å². The van der Waals surface area contributed by atoms with Crippen molar-refractivity contribution in [2.45, 2.75) is 12.5 Å². The van der Waals surface area contributed by atoms with Crippen molar-refractivity contribution in [3.05, 3.63) is 29.0 Å². The van der Waals surface area contributed by atoms with E-state index in [1.54, 1.807) is 0 Å². The molecule has 1 aliphatic rings. The predicted octanol–water partition coefficient (Wildman–Crippen LogP) is 1.31. The number of hydrogen-bond acceptors (Lipinski definition) is 3. The van der Waals surface area contributed by atoms with E-state index in [0.29, 0.717) is 0 Å². The number of nitrogens with one attached hydrogen (secondary N) is 2. The second-order valence-electron chi connectivity index (χ2n) is 3.44. The number of hydrogen-bond donors (Lipinski definition) is 2. The van der Waals surface area contributed by atoms with Crippen LogP contribution in [0.2, 0.25) is 5.02 Å². The summed E-state index contributed by atoms with van der Waals surface area (Å²) >= 11 is 5.58. The zero-order chi connectivity index (χ0) is 11.7. The molecule has 0 saturated carbocycles. The largest absolute Gasteiger partial charge is 0.371 e. The lowest BCUT2D eigenvalue weighted by atomic mass is 10.2. The van der Waals surface area contributed by atoms with Crippen LogP contribution >= 0.6 is 11.6 Å². The molecule has 1 fully saturated rings. The van der Waals surface area contributed by atoms with Gasteiger partial charge in [0, 0.05) is 5.02 Å². The van der Waals surface area contributed by atoms with E-state index < -0.39 is 17.8 Å². The Hall–Kier alpha value is -1.62. The fourth-order valence-electron chi connectivity index (χ4n) is 1.46. The molecule has 16 heavy (non-hydrogen) atoms.